The molecule has 0 spiro atoms. The van der Waals surface area contributed by atoms with Crippen molar-refractivity contribution in [3.8, 4) is 22.5 Å². The molecule has 0 amide bonds. The molecular weight excluding hydrogens is 288 g/mol. The third-order valence-corrected chi connectivity index (χ3v) is 3.44. The number of aromatic nitrogens is 5. The maximum absolute atomic E-state index is 4.59. The molecule has 0 atom stereocenters. The van der Waals surface area contributed by atoms with Gasteiger partial charge in [-0.05, 0) is 32.0 Å². The highest BCUT2D eigenvalue weighted by molar-refractivity contribution is 5.78. The summed E-state index contributed by atoms with van der Waals surface area (Å²) in [4.78, 5) is 13.0. The monoisotopic (exact) mass is 306 g/mol. The van der Waals surface area contributed by atoms with Gasteiger partial charge in [0, 0.05) is 48.7 Å². The fourth-order valence-electron chi connectivity index (χ4n) is 2.21. The SMILES string of the molecule is C/C=C(\C)Nc1nccc(-c2cn(C)nc2-c2cccnc2)n1. The lowest BCUT2D eigenvalue weighted by atomic mass is 10.1. The summed E-state index contributed by atoms with van der Waals surface area (Å²) >= 11 is 0. The maximum Gasteiger partial charge on any atom is 0.227 e. The van der Waals surface area contributed by atoms with Gasteiger partial charge in [0.15, 0.2) is 0 Å². The Hall–Kier alpha value is -3.02. The van der Waals surface area contributed by atoms with Gasteiger partial charge in [-0.2, -0.15) is 5.10 Å². The molecule has 0 saturated carbocycles. The van der Waals surface area contributed by atoms with Gasteiger partial charge in [0.2, 0.25) is 5.95 Å². The summed E-state index contributed by atoms with van der Waals surface area (Å²) in [6, 6.07) is 5.77. The highest BCUT2D eigenvalue weighted by atomic mass is 15.3. The Morgan fingerprint density at radius 1 is 1.26 bits per heavy atom. The first-order valence-corrected chi connectivity index (χ1v) is 7.35. The van der Waals surface area contributed by atoms with Crippen LogP contribution >= 0.6 is 0 Å². The standard InChI is InChI=1S/C17H18N6/c1-4-12(2)20-17-19-9-7-15(21-17)14-11-23(3)22-16(14)13-6-5-8-18-10-13/h4-11H,1-3H3,(H,19,20,21)/b12-4+. The molecule has 23 heavy (non-hydrogen) atoms. The number of aryl methyl sites for hydroxylation is 1. The smallest absolute Gasteiger partial charge is 0.227 e. The molecular formula is C17H18N6. The van der Waals surface area contributed by atoms with Crippen LogP contribution in [0.5, 0.6) is 0 Å². The number of allylic oxidation sites excluding steroid dienone is 2. The fraction of sp³-hybridized carbons (Fsp3) is 0.176. The van der Waals surface area contributed by atoms with Gasteiger partial charge in [-0.3, -0.25) is 9.67 Å². The van der Waals surface area contributed by atoms with E-state index in [2.05, 4.69) is 25.4 Å². The van der Waals surface area contributed by atoms with Crippen molar-refractivity contribution < 1.29 is 0 Å². The molecule has 0 fully saturated rings. The molecule has 3 aromatic heterocycles. The van der Waals surface area contributed by atoms with E-state index in [9.17, 15) is 0 Å². The van der Waals surface area contributed by atoms with Gasteiger partial charge in [0.1, 0.15) is 5.69 Å². The first-order chi connectivity index (χ1) is 11.2. The summed E-state index contributed by atoms with van der Waals surface area (Å²) in [5, 5.41) is 7.72. The van der Waals surface area contributed by atoms with Crippen LogP contribution in [0.2, 0.25) is 0 Å². The highest BCUT2D eigenvalue weighted by Crippen LogP contribution is 2.29. The van der Waals surface area contributed by atoms with E-state index in [1.165, 1.54) is 0 Å². The van der Waals surface area contributed by atoms with Crippen LogP contribution in [0, 0.1) is 0 Å². The average Bonchev–Trinajstić information content (AvgIpc) is 2.98. The number of anilines is 1. The number of hydrogen-bond acceptors (Lipinski definition) is 5. The van der Waals surface area contributed by atoms with Gasteiger partial charge < -0.3 is 5.32 Å². The fourth-order valence-corrected chi connectivity index (χ4v) is 2.21. The predicted octanol–water partition coefficient (Wildman–Crippen LogP) is 3.27. The lowest BCUT2D eigenvalue weighted by Crippen LogP contribution is -2.01. The molecule has 3 rings (SSSR count). The molecule has 0 unspecified atom stereocenters. The minimum Gasteiger partial charge on any atom is -0.329 e. The van der Waals surface area contributed by atoms with Crippen molar-refractivity contribution in [2.45, 2.75) is 13.8 Å². The number of rotatable bonds is 4. The Morgan fingerprint density at radius 3 is 2.87 bits per heavy atom. The average molecular weight is 306 g/mol. The zero-order valence-electron chi connectivity index (χ0n) is 13.4. The second-order valence-corrected chi connectivity index (χ2v) is 5.17. The van der Waals surface area contributed by atoms with E-state index in [1.54, 1.807) is 23.3 Å². The zero-order valence-corrected chi connectivity index (χ0v) is 13.4. The van der Waals surface area contributed by atoms with E-state index in [0.29, 0.717) is 5.95 Å². The number of nitrogens with zero attached hydrogens (tertiary/aromatic N) is 5. The minimum absolute atomic E-state index is 0.569. The maximum atomic E-state index is 4.59. The van der Waals surface area contributed by atoms with Crippen LogP contribution in [0.15, 0.2) is 54.8 Å². The van der Waals surface area contributed by atoms with Gasteiger partial charge in [-0.1, -0.05) is 6.08 Å². The Bertz CT molecular complexity index is 835. The summed E-state index contributed by atoms with van der Waals surface area (Å²) < 4.78 is 1.78. The largest absolute Gasteiger partial charge is 0.329 e. The molecule has 0 aromatic carbocycles. The van der Waals surface area contributed by atoms with Crippen molar-refractivity contribution in [3.63, 3.8) is 0 Å². The van der Waals surface area contributed by atoms with Gasteiger partial charge in [-0.15, -0.1) is 0 Å². The van der Waals surface area contributed by atoms with Crippen molar-refractivity contribution in [2.24, 2.45) is 7.05 Å². The Balaban J connectivity index is 2.04. The lowest BCUT2D eigenvalue weighted by molar-refractivity contribution is 0.771. The van der Waals surface area contributed by atoms with E-state index in [0.717, 1.165) is 28.2 Å². The third-order valence-electron chi connectivity index (χ3n) is 3.44. The van der Waals surface area contributed by atoms with Crippen molar-refractivity contribution in [1.29, 1.82) is 0 Å². The van der Waals surface area contributed by atoms with Crippen molar-refractivity contribution in [2.75, 3.05) is 5.32 Å². The molecule has 0 saturated heterocycles. The van der Waals surface area contributed by atoms with Crippen molar-refractivity contribution in [3.05, 3.63) is 54.8 Å². The minimum atomic E-state index is 0.569. The molecule has 3 aromatic rings. The van der Waals surface area contributed by atoms with E-state index >= 15 is 0 Å². The summed E-state index contributed by atoms with van der Waals surface area (Å²) in [5.74, 6) is 0.569. The first kappa shape index (κ1) is 14.9. The highest BCUT2D eigenvalue weighted by Gasteiger charge is 2.14. The van der Waals surface area contributed by atoms with Crippen LogP contribution in [0.3, 0.4) is 0 Å². The number of nitrogens with one attached hydrogen (secondary N) is 1. The molecule has 0 aliphatic carbocycles. The van der Waals surface area contributed by atoms with Gasteiger partial charge in [-0.25, -0.2) is 9.97 Å². The zero-order chi connectivity index (χ0) is 16.2. The molecule has 0 aliphatic heterocycles. The van der Waals surface area contributed by atoms with Crippen LogP contribution in [0.1, 0.15) is 13.8 Å². The molecule has 116 valence electrons. The van der Waals surface area contributed by atoms with E-state index in [-0.39, 0.29) is 0 Å². The van der Waals surface area contributed by atoms with Gasteiger partial charge in [0.25, 0.3) is 0 Å². The van der Waals surface area contributed by atoms with Gasteiger partial charge >= 0.3 is 0 Å². The molecule has 0 radical (unpaired) electrons. The summed E-state index contributed by atoms with van der Waals surface area (Å²) in [6.07, 6.45) is 9.22. The van der Waals surface area contributed by atoms with Crippen LogP contribution < -0.4 is 5.32 Å². The lowest BCUT2D eigenvalue weighted by Gasteiger charge is -2.06. The molecule has 1 N–H and O–H groups in total. The normalized spacial score (nSPS) is 11.5. The second kappa shape index (κ2) is 6.39. The van der Waals surface area contributed by atoms with Crippen molar-refractivity contribution >= 4 is 5.95 Å². The summed E-state index contributed by atoms with van der Waals surface area (Å²) in [6.45, 7) is 3.94. The summed E-state index contributed by atoms with van der Waals surface area (Å²) in [5.41, 5.74) is 4.58. The predicted molar refractivity (Wildman–Crippen MR) is 90.5 cm³/mol. The summed E-state index contributed by atoms with van der Waals surface area (Å²) in [7, 11) is 1.90. The van der Waals surface area contributed by atoms with Crippen LogP contribution in [0.25, 0.3) is 22.5 Å². The number of hydrogen-bond donors (Lipinski definition) is 1. The Kier molecular flexibility index (Phi) is 4.14. The molecule has 3 heterocycles. The Labute approximate surface area is 134 Å². The second-order valence-electron chi connectivity index (χ2n) is 5.17. The molecule has 6 nitrogen and oxygen atoms in total. The third kappa shape index (κ3) is 3.26. The van der Waals surface area contributed by atoms with Crippen LogP contribution in [-0.2, 0) is 7.05 Å². The van der Waals surface area contributed by atoms with Crippen molar-refractivity contribution in [1.82, 2.24) is 24.7 Å². The van der Waals surface area contributed by atoms with Crippen LogP contribution in [-0.4, -0.2) is 24.7 Å². The van der Waals surface area contributed by atoms with E-state index in [1.807, 2.05) is 51.4 Å². The molecule has 0 aliphatic rings. The first-order valence-electron chi connectivity index (χ1n) is 7.35. The quantitative estimate of drug-likeness (QED) is 0.801. The molecule has 0 bridgehead atoms. The van der Waals surface area contributed by atoms with Crippen LogP contribution in [0.4, 0.5) is 5.95 Å². The van der Waals surface area contributed by atoms with E-state index in [4.69, 9.17) is 0 Å². The Morgan fingerprint density at radius 2 is 2.13 bits per heavy atom. The topological polar surface area (TPSA) is 68.5 Å². The van der Waals surface area contributed by atoms with Gasteiger partial charge in [0.05, 0.1) is 5.69 Å². The molecule has 6 heteroatoms. The van der Waals surface area contributed by atoms with E-state index < -0.39 is 0 Å². The number of pyridine rings is 1.